The van der Waals surface area contributed by atoms with Crippen LogP contribution in [0.4, 0.5) is 8.78 Å². The summed E-state index contributed by atoms with van der Waals surface area (Å²) < 4.78 is 31.8. The third kappa shape index (κ3) is 5.97. The molecule has 0 aliphatic carbocycles. The van der Waals surface area contributed by atoms with Crippen molar-refractivity contribution in [3.63, 3.8) is 0 Å². The Morgan fingerprint density at radius 1 is 1.26 bits per heavy atom. The quantitative estimate of drug-likeness (QED) is 0.789. The van der Waals surface area contributed by atoms with Crippen LogP contribution in [0.3, 0.4) is 0 Å². The van der Waals surface area contributed by atoms with E-state index < -0.39 is 24.9 Å². The van der Waals surface area contributed by atoms with Crippen molar-refractivity contribution in [3.05, 3.63) is 11.7 Å². The first-order chi connectivity index (χ1) is 11.6. The predicted molar refractivity (Wildman–Crippen MR) is 101 cm³/mol. The number of piperazine rings is 1. The molecule has 1 atom stereocenters. The molecule has 0 spiro atoms. The maximum atomic E-state index is 13.2. The largest absolute Gasteiger partial charge is 0.339 e. The topological polar surface area (TPSA) is 74.5 Å². The van der Waals surface area contributed by atoms with Gasteiger partial charge < -0.3 is 9.42 Å². The number of nitrogens with one attached hydrogen (secondary N) is 1. The fourth-order valence-electron chi connectivity index (χ4n) is 3.06. The molecule has 3 heterocycles. The Kier molecular flexibility index (Phi) is 7.99. The summed E-state index contributed by atoms with van der Waals surface area (Å²) in [5, 5.41) is 6.63. The summed E-state index contributed by atoms with van der Waals surface area (Å²) in [7, 11) is 0. The van der Waals surface area contributed by atoms with Crippen LogP contribution in [0, 0.1) is 0 Å². The molecule has 2 saturated heterocycles. The average Bonchev–Trinajstić information content (AvgIpc) is 3.13. The number of carbonyl (C=O) groups excluding carboxylic acids is 1. The van der Waals surface area contributed by atoms with Crippen molar-refractivity contribution >= 4 is 30.7 Å². The molecule has 1 aromatic heterocycles. The van der Waals surface area contributed by atoms with E-state index in [1.54, 1.807) is 4.90 Å². The maximum Gasteiger partial charge on any atom is 0.262 e. The lowest BCUT2D eigenvalue weighted by Gasteiger charge is -2.35. The number of hydrogen-bond acceptors (Lipinski definition) is 6. The zero-order chi connectivity index (χ0) is 18.2. The number of halogens is 4. The van der Waals surface area contributed by atoms with E-state index in [0.717, 1.165) is 0 Å². The molecular weight excluding hydrogens is 403 g/mol. The molecule has 0 radical (unpaired) electrons. The van der Waals surface area contributed by atoms with Gasteiger partial charge in [-0.05, 0) is 0 Å². The molecule has 156 valence electrons. The van der Waals surface area contributed by atoms with E-state index in [9.17, 15) is 13.6 Å². The molecule has 0 saturated carbocycles. The van der Waals surface area contributed by atoms with Crippen molar-refractivity contribution in [2.45, 2.75) is 51.1 Å². The first-order valence-electron chi connectivity index (χ1n) is 8.59. The second-order valence-electron chi connectivity index (χ2n) is 7.86. The highest BCUT2D eigenvalue weighted by Crippen LogP contribution is 2.26. The van der Waals surface area contributed by atoms with Gasteiger partial charge in [0, 0.05) is 38.0 Å². The number of carbonyl (C=O) groups is 1. The lowest BCUT2D eigenvalue weighted by Crippen LogP contribution is -2.52. The zero-order valence-corrected chi connectivity index (χ0v) is 17.3. The van der Waals surface area contributed by atoms with Crippen LogP contribution in [0.15, 0.2) is 4.52 Å². The number of rotatable bonds is 3. The van der Waals surface area contributed by atoms with E-state index in [-0.39, 0.29) is 36.1 Å². The van der Waals surface area contributed by atoms with Gasteiger partial charge in [0.2, 0.25) is 11.8 Å². The van der Waals surface area contributed by atoms with Gasteiger partial charge in [0.15, 0.2) is 5.82 Å². The molecule has 2 aliphatic rings. The van der Waals surface area contributed by atoms with Gasteiger partial charge in [0.1, 0.15) is 0 Å². The highest BCUT2D eigenvalue weighted by atomic mass is 35.5. The van der Waals surface area contributed by atoms with Crippen LogP contribution in [0.1, 0.15) is 38.9 Å². The van der Waals surface area contributed by atoms with Gasteiger partial charge >= 0.3 is 0 Å². The van der Waals surface area contributed by atoms with Gasteiger partial charge in [-0.3, -0.25) is 15.0 Å². The van der Waals surface area contributed by atoms with Crippen molar-refractivity contribution < 1.29 is 18.1 Å². The maximum absolute atomic E-state index is 13.2. The second-order valence-corrected chi connectivity index (χ2v) is 7.86. The minimum atomic E-state index is -2.79. The molecule has 7 nitrogen and oxygen atoms in total. The van der Waals surface area contributed by atoms with Crippen LogP contribution in [-0.2, 0) is 16.8 Å². The summed E-state index contributed by atoms with van der Waals surface area (Å²) in [5.74, 6) is -1.79. The van der Waals surface area contributed by atoms with Crippen molar-refractivity contribution in [1.82, 2.24) is 25.3 Å². The first kappa shape index (κ1) is 24.0. The number of hydrogen-bond donors (Lipinski definition) is 1. The number of aromatic nitrogens is 2. The van der Waals surface area contributed by atoms with Gasteiger partial charge in [-0.1, -0.05) is 25.9 Å². The number of amides is 1. The lowest BCUT2D eigenvalue weighted by molar-refractivity contribution is -0.135. The number of alkyl halides is 2. The minimum absolute atomic E-state index is 0. The molecule has 3 rings (SSSR count). The molecule has 11 heteroatoms. The molecular formula is C16H27Cl2F2N5O2. The Bertz CT molecular complexity index is 631. The summed E-state index contributed by atoms with van der Waals surface area (Å²) in [5.41, 5.74) is -0.188. The van der Waals surface area contributed by atoms with E-state index in [1.165, 1.54) is 0 Å². The zero-order valence-electron chi connectivity index (χ0n) is 15.7. The van der Waals surface area contributed by atoms with Crippen molar-refractivity contribution in [3.8, 4) is 0 Å². The van der Waals surface area contributed by atoms with Crippen molar-refractivity contribution in [2.75, 3.05) is 32.7 Å². The predicted octanol–water partition coefficient (Wildman–Crippen LogP) is 1.85. The molecule has 1 aromatic rings. The lowest BCUT2D eigenvalue weighted by atomic mass is 9.97. The van der Waals surface area contributed by atoms with E-state index in [2.05, 4.69) is 20.4 Å². The van der Waals surface area contributed by atoms with Crippen LogP contribution in [-0.4, -0.2) is 70.5 Å². The van der Waals surface area contributed by atoms with Crippen LogP contribution in [0.5, 0.6) is 0 Å². The van der Waals surface area contributed by atoms with Gasteiger partial charge in [0.25, 0.3) is 5.92 Å². The third-order valence-electron chi connectivity index (χ3n) is 4.57. The van der Waals surface area contributed by atoms with Crippen LogP contribution >= 0.6 is 24.8 Å². The average molecular weight is 430 g/mol. The summed E-state index contributed by atoms with van der Waals surface area (Å²) in [6.45, 7) is 8.53. The normalized spacial score (nSPS) is 22.9. The highest BCUT2D eigenvalue weighted by molar-refractivity contribution is 5.85. The Labute approximate surface area is 170 Å². The van der Waals surface area contributed by atoms with Gasteiger partial charge in [0.05, 0.1) is 19.1 Å². The smallest absolute Gasteiger partial charge is 0.262 e. The highest BCUT2D eigenvalue weighted by Gasteiger charge is 2.43. The minimum Gasteiger partial charge on any atom is -0.339 e. The summed E-state index contributed by atoms with van der Waals surface area (Å²) in [4.78, 5) is 20.5. The van der Waals surface area contributed by atoms with E-state index in [4.69, 9.17) is 4.52 Å². The SMILES string of the molecule is CC(C)(C)c1nc(CN2CCN(C(=O)C3CC(F)(F)CN3)CC2)no1.Cl.Cl. The Morgan fingerprint density at radius 2 is 1.89 bits per heavy atom. The van der Waals surface area contributed by atoms with E-state index in [1.807, 2.05) is 20.8 Å². The van der Waals surface area contributed by atoms with Crippen molar-refractivity contribution in [2.24, 2.45) is 0 Å². The molecule has 1 N–H and O–H groups in total. The Balaban J connectivity index is 0.00000182. The molecule has 27 heavy (non-hydrogen) atoms. The summed E-state index contributed by atoms with van der Waals surface area (Å²) in [6, 6.07) is -0.770. The molecule has 1 amide bonds. The molecule has 1 unspecified atom stereocenters. The molecule has 2 fully saturated rings. The monoisotopic (exact) mass is 429 g/mol. The summed E-state index contributed by atoms with van der Waals surface area (Å²) >= 11 is 0. The van der Waals surface area contributed by atoms with E-state index >= 15 is 0 Å². The Hall–Kier alpha value is -1.03. The third-order valence-corrected chi connectivity index (χ3v) is 4.57. The molecule has 2 aliphatic heterocycles. The standard InChI is InChI=1S/C16H25F2N5O2.2ClH/c1-15(2,3)14-20-12(21-25-14)9-22-4-6-23(7-5-22)13(24)11-8-16(17,18)10-19-11;;/h11,19H,4-10H2,1-3H3;2*1H. The van der Waals surface area contributed by atoms with Gasteiger partial charge in [-0.25, -0.2) is 8.78 Å². The second kappa shape index (κ2) is 8.98. The molecule has 0 aromatic carbocycles. The number of nitrogens with zero attached hydrogens (tertiary/aromatic N) is 4. The fraction of sp³-hybridized carbons (Fsp3) is 0.812. The molecule has 0 bridgehead atoms. The van der Waals surface area contributed by atoms with Crippen LogP contribution < -0.4 is 5.32 Å². The van der Waals surface area contributed by atoms with Crippen LogP contribution in [0.2, 0.25) is 0 Å². The van der Waals surface area contributed by atoms with E-state index in [0.29, 0.717) is 44.4 Å². The Morgan fingerprint density at radius 3 is 2.37 bits per heavy atom. The summed E-state index contributed by atoms with van der Waals surface area (Å²) in [6.07, 6.45) is -0.412. The fourth-order valence-corrected chi connectivity index (χ4v) is 3.06. The van der Waals surface area contributed by atoms with Crippen LogP contribution in [0.25, 0.3) is 0 Å². The van der Waals surface area contributed by atoms with Crippen molar-refractivity contribution in [1.29, 1.82) is 0 Å². The first-order valence-corrected chi connectivity index (χ1v) is 8.59. The van der Waals surface area contributed by atoms with Gasteiger partial charge in [-0.2, -0.15) is 4.98 Å². The van der Waals surface area contributed by atoms with Gasteiger partial charge in [-0.15, -0.1) is 24.8 Å².